The normalized spacial score (nSPS) is 11.1. The van der Waals surface area contributed by atoms with Crippen LogP contribution in [0.5, 0.6) is 0 Å². The Labute approximate surface area is 131 Å². The van der Waals surface area contributed by atoms with E-state index in [4.69, 9.17) is 5.84 Å². The Balaban J connectivity index is 3.10. The van der Waals surface area contributed by atoms with Gasteiger partial charge in [-0.3, -0.25) is 10.2 Å². The lowest BCUT2D eigenvalue weighted by molar-refractivity contribution is -0.121. The summed E-state index contributed by atoms with van der Waals surface area (Å²) in [5.74, 6) is 4.98. The first-order valence-corrected chi connectivity index (χ1v) is 8.95. The summed E-state index contributed by atoms with van der Waals surface area (Å²) >= 11 is 0. The van der Waals surface area contributed by atoms with Gasteiger partial charge in [-0.25, -0.2) is 5.84 Å². The third-order valence-corrected chi connectivity index (χ3v) is 3.83. The standard InChI is InChI=1S/C18H36N2O/c1-2-3-4-5-6-7-8-9-10-11-12-13-14-15-16-17-18(21)20-19/h9-10H,2-8,11-17,19H2,1H3,(H,20,21)/b10-9+. The van der Waals surface area contributed by atoms with Gasteiger partial charge in [0.2, 0.25) is 5.91 Å². The van der Waals surface area contributed by atoms with Gasteiger partial charge in [0.1, 0.15) is 0 Å². The molecule has 0 saturated heterocycles. The lowest BCUT2D eigenvalue weighted by Gasteiger charge is -2.00. The van der Waals surface area contributed by atoms with Gasteiger partial charge in [-0.2, -0.15) is 0 Å². The number of hydrazine groups is 1. The lowest BCUT2D eigenvalue weighted by Crippen LogP contribution is -2.29. The first-order chi connectivity index (χ1) is 10.3. The Morgan fingerprint density at radius 3 is 1.81 bits per heavy atom. The quantitative estimate of drug-likeness (QED) is 0.147. The predicted octanol–water partition coefficient (Wildman–Crippen LogP) is 5.01. The zero-order valence-electron chi connectivity index (χ0n) is 14.0. The second-order valence-corrected chi connectivity index (χ2v) is 5.90. The highest BCUT2D eigenvalue weighted by atomic mass is 16.2. The van der Waals surface area contributed by atoms with E-state index >= 15 is 0 Å². The minimum absolute atomic E-state index is 0.0485. The van der Waals surface area contributed by atoms with E-state index in [9.17, 15) is 4.79 Å². The predicted molar refractivity (Wildman–Crippen MR) is 91.8 cm³/mol. The van der Waals surface area contributed by atoms with E-state index in [1.807, 2.05) is 0 Å². The molecule has 21 heavy (non-hydrogen) atoms. The Bertz CT molecular complexity index is 252. The van der Waals surface area contributed by atoms with Crippen molar-refractivity contribution < 1.29 is 4.79 Å². The number of nitrogens with one attached hydrogen (secondary N) is 1. The number of amides is 1. The number of hydrogen-bond donors (Lipinski definition) is 2. The second-order valence-electron chi connectivity index (χ2n) is 5.90. The molecule has 0 aromatic rings. The van der Waals surface area contributed by atoms with Crippen molar-refractivity contribution >= 4 is 5.91 Å². The van der Waals surface area contributed by atoms with Gasteiger partial charge >= 0.3 is 0 Å². The molecule has 3 nitrogen and oxygen atoms in total. The first kappa shape index (κ1) is 20.2. The Hall–Kier alpha value is -0.830. The summed E-state index contributed by atoms with van der Waals surface area (Å²) in [5, 5.41) is 0. The number of unbranched alkanes of at least 4 members (excludes halogenated alkanes) is 11. The van der Waals surface area contributed by atoms with Crippen LogP contribution in [0.3, 0.4) is 0 Å². The van der Waals surface area contributed by atoms with Gasteiger partial charge < -0.3 is 0 Å². The summed E-state index contributed by atoms with van der Waals surface area (Å²) in [6.45, 7) is 2.26. The van der Waals surface area contributed by atoms with Crippen LogP contribution in [0.25, 0.3) is 0 Å². The minimum atomic E-state index is -0.0485. The highest BCUT2D eigenvalue weighted by molar-refractivity contribution is 5.74. The van der Waals surface area contributed by atoms with Gasteiger partial charge in [-0.05, 0) is 32.1 Å². The molecule has 0 radical (unpaired) electrons. The summed E-state index contributed by atoms with van der Waals surface area (Å²) in [6, 6.07) is 0. The largest absolute Gasteiger partial charge is 0.294 e. The first-order valence-electron chi connectivity index (χ1n) is 8.95. The SMILES string of the molecule is CCCCCCCC/C=C/CCCCCCCC(=O)NN. The van der Waals surface area contributed by atoms with Gasteiger partial charge in [0.05, 0.1) is 0 Å². The molecular weight excluding hydrogens is 260 g/mol. The van der Waals surface area contributed by atoms with E-state index < -0.39 is 0 Å². The lowest BCUT2D eigenvalue weighted by atomic mass is 10.1. The maximum absolute atomic E-state index is 10.9. The van der Waals surface area contributed by atoms with Crippen LogP contribution in [0, 0.1) is 0 Å². The maximum atomic E-state index is 10.9. The van der Waals surface area contributed by atoms with Crippen molar-refractivity contribution in [1.29, 1.82) is 0 Å². The molecule has 0 bridgehead atoms. The van der Waals surface area contributed by atoms with Gasteiger partial charge in [-0.15, -0.1) is 0 Å². The summed E-state index contributed by atoms with van der Waals surface area (Å²) in [4.78, 5) is 10.9. The molecule has 0 spiro atoms. The van der Waals surface area contributed by atoms with Crippen molar-refractivity contribution in [2.24, 2.45) is 5.84 Å². The number of allylic oxidation sites excluding steroid dienone is 2. The van der Waals surface area contributed by atoms with Gasteiger partial charge in [0, 0.05) is 6.42 Å². The van der Waals surface area contributed by atoms with E-state index in [0.717, 1.165) is 12.8 Å². The molecule has 0 atom stereocenters. The fraction of sp³-hybridized carbons (Fsp3) is 0.833. The molecule has 0 aliphatic rings. The average molecular weight is 296 g/mol. The van der Waals surface area contributed by atoms with Crippen LogP contribution in [0.4, 0.5) is 0 Å². The Kier molecular flexibility index (Phi) is 16.5. The Morgan fingerprint density at radius 2 is 1.29 bits per heavy atom. The molecule has 1 amide bonds. The highest BCUT2D eigenvalue weighted by Gasteiger charge is 1.97. The molecule has 124 valence electrons. The van der Waals surface area contributed by atoms with Crippen LogP contribution in [0.2, 0.25) is 0 Å². The summed E-state index contributed by atoms with van der Waals surface area (Å²) in [6.07, 6.45) is 21.9. The molecule has 3 N–H and O–H groups in total. The molecule has 0 aliphatic carbocycles. The minimum Gasteiger partial charge on any atom is -0.294 e. The third-order valence-electron chi connectivity index (χ3n) is 3.83. The van der Waals surface area contributed by atoms with Crippen molar-refractivity contribution in [3.8, 4) is 0 Å². The van der Waals surface area contributed by atoms with Crippen LogP contribution in [-0.4, -0.2) is 5.91 Å². The fourth-order valence-corrected chi connectivity index (χ4v) is 2.43. The summed E-state index contributed by atoms with van der Waals surface area (Å²) in [5.41, 5.74) is 2.17. The number of carbonyl (C=O) groups is 1. The second kappa shape index (κ2) is 17.2. The molecule has 0 aromatic carbocycles. The van der Waals surface area contributed by atoms with Crippen LogP contribution in [0.15, 0.2) is 12.2 Å². The maximum Gasteiger partial charge on any atom is 0.233 e. The zero-order valence-corrected chi connectivity index (χ0v) is 14.0. The monoisotopic (exact) mass is 296 g/mol. The van der Waals surface area contributed by atoms with Crippen molar-refractivity contribution in [3.63, 3.8) is 0 Å². The molecule has 3 heteroatoms. The molecule has 0 unspecified atom stereocenters. The van der Waals surface area contributed by atoms with Crippen molar-refractivity contribution in [2.75, 3.05) is 0 Å². The van der Waals surface area contributed by atoms with E-state index in [1.54, 1.807) is 0 Å². The van der Waals surface area contributed by atoms with E-state index in [2.05, 4.69) is 24.5 Å². The number of rotatable bonds is 15. The molecule has 0 aliphatic heterocycles. The van der Waals surface area contributed by atoms with Crippen LogP contribution in [0.1, 0.15) is 96.8 Å². The number of nitrogens with two attached hydrogens (primary N) is 1. The summed E-state index contributed by atoms with van der Waals surface area (Å²) in [7, 11) is 0. The van der Waals surface area contributed by atoms with Gasteiger partial charge in [0.25, 0.3) is 0 Å². The summed E-state index contributed by atoms with van der Waals surface area (Å²) < 4.78 is 0. The van der Waals surface area contributed by atoms with E-state index in [-0.39, 0.29) is 5.91 Å². The number of hydrogen-bond acceptors (Lipinski definition) is 2. The zero-order chi connectivity index (χ0) is 15.6. The highest BCUT2D eigenvalue weighted by Crippen LogP contribution is 2.09. The molecule has 0 rings (SSSR count). The van der Waals surface area contributed by atoms with Gasteiger partial charge in [0.15, 0.2) is 0 Å². The van der Waals surface area contributed by atoms with Crippen LogP contribution >= 0.6 is 0 Å². The molecule has 0 aromatic heterocycles. The Morgan fingerprint density at radius 1 is 0.810 bits per heavy atom. The van der Waals surface area contributed by atoms with Gasteiger partial charge in [-0.1, -0.05) is 70.4 Å². The van der Waals surface area contributed by atoms with Crippen LogP contribution < -0.4 is 11.3 Å². The molecule has 0 saturated carbocycles. The molecule has 0 heterocycles. The molecule has 0 fully saturated rings. The third kappa shape index (κ3) is 17.1. The van der Waals surface area contributed by atoms with E-state index in [1.165, 1.54) is 70.6 Å². The molecular formula is C18H36N2O. The van der Waals surface area contributed by atoms with Crippen molar-refractivity contribution in [2.45, 2.75) is 96.8 Å². The van der Waals surface area contributed by atoms with Crippen molar-refractivity contribution in [1.82, 2.24) is 5.43 Å². The average Bonchev–Trinajstić information content (AvgIpc) is 2.50. The fourth-order valence-electron chi connectivity index (χ4n) is 2.43. The smallest absolute Gasteiger partial charge is 0.233 e. The van der Waals surface area contributed by atoms with E-state index in [0.29, 0.717) is 6.42 Å². The van der Waals surface area contributed by atoms with Crippen LogP contribution in [-0.2, 0) is 4.79 Å². The van der Waals surface area contributed by atoms with Crippen molar-refractivity contribution in [3.05, 3.63) is 12.2 Å². The topological polar surface area (TPSA) is 55.1 Å². The number of carbonyl (C=O) groups excluding carboxylic acids is 1.